The van der Waals surface area contributed by atoms with Crippen LogP contribution in [0.5, 0.6) is 6.01 Å². The Labute approximate surface area is 283 Å². The summed E-state index contributed by atoms with van der Waals surface area (Å²) in [5.74, 6) is 1.28. The van der Waals surface area contributed by atoms with Crippen molar-refractivity contribution in [3.63, 3.8) is 0 Å². The largest absolute Gasteiger partial charge is 0.461 e. The highest BCUT2D eigenvalue weighted by Crippen LogP contribution is 2.47. The van der Waals surface area contributed by atoms with Crippen LogP contribution < -0.4 is 9.64 Å². The maximum atomic E-state index is 13.0. The number of rotatable bonds is 5. The van der Waals surface area contributed by atoms with E-state index in [0.717, 1.165) is 93.9 Å². The lowest BCUT2D eigenvalue weighted by molar-refractivity contribution is 0.0714. The Morgan fingerprint density at radius 3 is 2.79 bits per heavy atom. The van der Waals surface area contributed by atoms with E-state index >= 15 is 0 Å². The van der Waals surface area contributed by atoms with Gasteiger partial charge in [-0.3, -0.25) is 19.3 Å². The van der Waals surface area contributed by atoms with E-state index in [0.29, 0.717) is 37.2 Å². The van der Waals surface area contributed by atoms with Crippen molar-refractivity contribution in [1.29, 1.82) is 5.26 Å². The molecule has 6 heterocycles. The fraction of sp³-hybridized carbons (Fsp3) is 0.595. The minimum Gasteiger partial charge on any atom is -0.461 e. The number of fused-ring (bicyclic) bond motifs is 5. The first-order chi connectivity index (χ1) is 23.2. The molecule has 0 radical (unpaired) electrons. The highest BCUT2D eigenvalue weighted by atomic mass is 16.5. The van der Waals surface area contributed by atoms with Crippen LogP contribution >= 0.6 is 0 Å². The Morgan fingerprint density at radius 1 is 1.10 bits per heavy atom. The fourth-order valence-corrected chi connectivity index (χ4v) is 9.60. The summed E-state index contributed by atoms with van der Waals surface area (Å²) in [7, 11) is 5.64. The Kier molecular flexibility index (Phi) is 7.72. The molecule has 2 fully saturated rings. The summed E-state index contributed by atoms with van der Waals surface area (Å²) >= 11 is 0. The van der Waals surface area contributed by atoms with Gasteiger partial charge in [0.05, 0.1) is 29.0 Å². The molecule has 0 N–H and O–H groups in total. The highest BCUT2D eigenvalue weighted by Gasteiger charge is 2.48. The summed E-state index contributed by atoms with van der Waals surface area (Å²) in [5.41, 5.74) is 6.32. The second kappa shape index (κ2) is 11.8. The van der Waals surface area contributed by atoms with Crippen LogP contribution in [0.3, 0.4) is 0 Å². The zero-order valence-corrected chi connectivity index (χ0v) is 28.8. The summed E-state index contributed by atoms with van der Waals surface area (Å²) < 4.78 is 8.55. The van der Waals surface area contributed by atoms with Crippen molar-refractivity contribution in [2.24, 2.45) is 5.92 Å². The molecule has 5 aliphatic rings. The molecule has 0 bridgehead atoms. The van der Waals surface area contributed by atoms with Crippen LogP contribution in [-0.4, -0.2) is 93.3 Å². The smallest absolute Gasteiger partial charge is 0.318 e. The monoisotopic (exact) mass is 649 g/mol. The van der Waals surface area contributed by atoms with Crippen molar-refractivity contribution in [1.82, 2.24) is 34.4 Å². The van der Waals surface area contributed by atoms with E-state index < -0.39 is 0 Å². The summed E-state index contributed by atoms with van der Waals surface area (Å²) in [5, 5.41) is 14.9. The molecule has 2 aromatic heterocycles. The summed E-state index contributed by atoms with van der Waals surface area (Å²) in [6.07, 6.45) is 8.47. The van der Waals surface area contributed by atoms with Crippen LogP contribution in [0, 0.1) is 17.2 Å². The van der Waals surface area contributed by atoms with Crippen LogP contribution in [0.4, 0.5) is 5.82 Å². The maximum absolute atomic E-state index is 13.0. The van der Waals surface area contributed by atoms with E-state index in [1.165, 1.54) is 22.4 Å². The molecule has 11 heteroatoms. The van der Waals surface area contributed by atoms with Crippen LogP contribution in [0.15, 0.2) is 24.3 Å². The highest BCUT2D eigenvalue weighted by molar-refractivity contribution is 5.94. The molecular formula is C37H47N9O2. The number of hydrogen-bond donors (Lipinski definition) is 0. The molecule has 48 heavy (non-hydrogen) atoms. The lowest BCUT2D eigenvalue weighted by Crippen LogP contribution is -2.51. The van der Waals surface area contributed by atoms with Crippen LogP contribution in [0.1, 0.15) is 89.6 Å². The standard InChI is InChI=1S/C37H47N9O2/c1-25-18-36(13-8-16-45(36)21-25)24-48-35-39-30-19-37(14-7-11-26-10-5-6-12-29(26)37)43(4)22-28(30)33(40-35)44-15-9-17-46-31(23-44)27(20-38)32(41-46)34(47)42(2)3/h5-6,10,12,25H,7-9,11,13-19,21-24H2,1-4H3/t25-,36+,37+/m1/s1. The number of anilines is 1. The van der Waals surface area contributed by atoms with Gasteiger partial charge in [-0.05, 0) is 75.6 Å². The number of nitriles is 1. The van der Waals surface area contributed by atoms with Gasteiger partial charge in [-0.2, -0.15) is 20.3 Å². The number of aromatic nitrogens is 4. The maximum Gasteiger partial charge on any atom is 0.318 e. The van der Waals surface area contributed by atoms with Gasteiger partial charge < -0.3 is 14.5 Å². The third kappa shape index (κ3) is 4.98. The van der Waals surface area contributed by atoms with Crippen molar-refractivity contribution in [3.8, 4) is 12.1 Å². The third-order valence-corrected chi connectivity index (χ3v) is 11.9. The van der Waals surface area contributed by atoms with Gasteiger partial charge in [0.15, 0.2) is 5.69 Å². The van der Waals surface area contributed by atoms with Gasteiger partial charge in [0, 0.05) is 52.3 Å². The first kappa shape index (κ1) is 31.3. The first-order valence-electron chi connectivity index (χ1n) is 17.7. The molecule has 8 rings (SSSR count). The molecule has 1 amide bonds. The lowest BCUT2D eigenvalue weighted by atomic mass is 9.71. The quantitative estimate of drug-likeness (QED) is 0.404. The number of benzene rings is 1. The SMILES string of the molecule is C[C@H]1CN2CCC[C@@]2(COc2nc3c(c(N4CCCn5nc(C(=O)N(C)C)c(C#N)c5C4)n2)CN(C)[C@@]2(CCCc4ccccc42)C3)C1. The van der Waals surface area contributed by atoms with E-state index in [4.69, 9.17) is 14.7 Å². The molecule has 252 valence electrons. The zero-order chi connectivity index (χ0) is 33.2. The Bertz CT molecular complexity index is 1800. The summed E-state index contributed by atoms with van der Waals surface area (Å²) in [4.78, 5) is 32.4. The molecule has 0 saturated carbocycles. The number of aryl methyl sites for hydroxylation is 2. The molecule has 0 unspecified atom stereocenters. The van der Waals surface area contributed by atoms with Gasteiger partial charge in [-0.25, -0.2) is 0 Å². The molecule has 3 atom stereocenters. The number of ether oxygens (including phenoxy) is 1. The first-order valence-corrected chi connectivity index (χ1v) is 17.7. The topological polar surface area (TPSA) is 107 Å². The van der Waals surface area contributed by atoms with Gasteiger partial charge in [0.2, 0.25) is 0 Å². The molecule has 4 aliphatic heterocycles. The number of nitrogens with zero attached hydrogens (tertiary/aromatic N) is 9. The van der Waals surface area contributed by atoms with E-state index in [9.17, 15) is 10.1 Å². The van der Waals surface area contributed by atoms with Crippen LogP contribution in [-0.2, 0) is 38.0 Å². The van der Waals surface area contributed by atoms with Crippen LogP contribution in [0.2, 0.25) is 0 Å². The lowest BCUT2D eigenvalue weighted by Gasteiger charge is -2.49. The second-order valence-electron chi connectivity index (χ2n) is 15.2. The van der Waals surface area contributed by atoms with Gasteiger partial charge >= 0.3 is 6.01 Å². The molecule has 1 spiro atoms. The minimum absolute atomic E-state index is 0.0643. The van der Waals surface area contributed by atoms with Gasteiger partial charge in [-0.1, -0.05) is 31.2 Å². The van der Waals surface area contributed by atoms with E-state index in [1.54, 1.807) is 14.1 Å². The average molecular weight is 650 g/mol. The van der Waals surface area contributed by atoms with Crippen molar-refractivity contribution in [2.45, 2.75) is 89.0 Å². The van der Waals surface area contributed by atoms with Gasteiger partial charge in [0.1, 0.15) is 24.1 Å². The Hall–Kier alpha value is -4.01. The summed E-state index contributed by atoms with van der Waals surface area (Å²) in [6, 6.07) is 11.7. The van der Waals surface area contributed by atoms with E-state index in [-0.39, 0.29) is 22.7 Å². The molecule has 11 nitrogen and oxygen atoms in total. The van der Waals surface area contributed by atoms with Crippen molar-refractivity contribution < 1.29 is 9.53 Å². The second-order valence-corrected chi connectivity index (χ2v) is 15.2. The Balaban J connectivity index is 1.20. The Morgan fingerprint density at radius 2 is 1.96 bits per heavy atom. The number of likely N-dealkylation sites (N-methyl/N-ethyl adjacent to an activating group) is 1. The minimum atomic E-state index is -0.255. The molecule has 1 aliphatic carbocycles. The number of carbonyl (C=O) groups is 1. The zero-order valence-electron chi connectivity index (χ0n) is 28.8. The number of hydrogen-bond acceptors (Lipinski definition) is 9. The van der Waals surface area contributed by atoms with Crippen molar-refractivity contribution >= 4 is 11.7 Å². The van der Waals surface area contributed by atoms with Crippen molar-refractivity contribution in [3.05, 3.63) is 63.6 Å². The van der Waals surface area contributed by atoms with Crippen LogP contribution in [0.25, 0.3) is 0 Å². The molecular weight excluding hydrogens is 602 g/mol. The summed E-state index contributed by atoms with van der Waals surface area (Å²) in [6.45, 7) is 7.77. The predicted octanol–water partition coefficient (Wildman–Crippen LogP) is 4.13. The average Bonchev–Trinajstić information content (AvgIpc) is 3.67. The van der Waals surface area contributed by atoms with Gasteiger partial charge in [-0.15, -0.1) is 0 Å². The van der Waals surface area contributed by atoms with Crippen molar-refractivity contribution in [2.75, 3.05) is 52.3 Å². The van der Waals surface area contributed by atoms with Gasteiger partial charge in [0.25, 0.3) is 5.91 Å². The molecule has 2 saturated heterocycles. The molecule has 1 aromatic carbocycles. The van der Waals surface area contributed by atoms with E-state index in [2.05, 4.69) is 64.1 Å². The third-order valence-electron chi connectivity index (χ3n) is 11.9. The normalized spacial score (nSPS) is 26.7. The molecule has 3 aromatic rings. The number of carbonyl (C=O) groups excluding carboxylic acids is 1. The van der Waals surface area contributed by atoms with E-state index in [1.807, 2.05) is 4.68 Å². The fourth-order valence-electron chi connectivity index (χ4n) is 9.60. The predicted molar refractivity (Wildman–Crippen MR) is 182 cm³/mol. The number of amides is 1.